The van der Waals surface area contributed by atoms with Crippen molar-refractivity contribution in [2.24, 2.45) is 0 Å². The van der Waals surface area contributed by atoms with E-state index in [9.17, 15) is 4.79 Å². The van der Waals surface area contributed by atoms with Crippen molar-refractivity contribution in [1.82, 2.24) is 4.90 Å². The second-order valence-electron chi connectivity index (χ2n) is 7.53. The largest absolute Gasteiger partial charge is 0.493 e. The van der Waals surface area contributed by atoms with Gasteiger partial charge in [0.25, 0.3) is 0 Å². The molecule has 4 rings (SSSR count). The molecule has 0 aliphatic carbocycles. The third-order valence-corrected chi connectivity index (χ3v) is 5.89. The maximum absolute atomic E-state index is 11.5. The predicted octanol–water partition coefficient (Wildman–Crippen LogP) is 4.47. The van der Waals surface area contributed by atoms with Crippen molar-refractivity contribution >= 4 is 40.5 Å². The molecule has 2 heterocycles. The molecule has 2 aromatic carbocycles. The van der Waals surface area contributed by atoms with Crippen LogP contribution in [0, 0.1) is 0 Å². The molecule has 0 bridgehead atoms. The van der Waals surface area contributed by atoms with E-state index in [1.54, 1.807) is 6.07 Å². The number of hydrogen-bond acceptors (Lipinski definition) is 4. The molecule has 7 heteroatoms. The van der Waals surface area contributed by atoms with Crippen LogP contribution in [0.4, 0.5) is 11.4 Å². The summed E-state index contributed by atoms with van der Waals surface area (Å²) in [4.78, 5) is 16.3. The third-order valence-electron chi connectivity index (χ3n) is 5.45. The molecular weight excluding hydrogens is 409 g/mol. The second kappa shape index (κ2) is 9.24. The number of halogens is 2. The SMILES string of the molecule is O=C1CCc2ccc(OCCCN3CCN(c4cc(Cl)cc(Cl)c4)CC3)cc2N1. The van der Waals surface area contributed by atoms with Crippen molar-refractivity contribution in [3.63, 3.8) is 0 Å². The maximum atomic E-state index is 11.5. The quantitative estimate of drug-likeness (QED) is 0.682. The van der Waals surface area contributed by atoms with Gasteiger partial charge in [-0.3, -0.25) is 9.69 Å². The van der Waals surface area contributed by atoms with E-state index in [0.717, 1.165) is 62.7 Å². The number of rotatable bonds is 6. The van der Waals surface area contributed by atoms with E-state index in [1.807, 2.05) is 30.3 Å². The fourth-order valence-electron chi connectivity index (χ4n) is 3.87. The van der Waals surface area contributed by atoms with Gasteiger partial charge in [-0.2, -0.15) is 0 Å². The second-order valence-corrected chi connectivity index (χ2v) is 8.40. The van der Waals surface area contributed by atoms with Crippen LogP contribution in [0.3, 0.4) is 0 Å². The molecule has 0 aromatic heterocycles. The molecule has 154 valence electrons. The fraction of sp³-hybridized carbons (Fsp3) is 0.409. The molecule has 1 fully saturated rings. The number of carbonyl (C=O) groups excluding carboxylic acids is 1. The summed E-state index contributed by atoms with van der Waals surface area (Å²) >= 11 is 12.2. The summed E-state index contributed by atoms with van der Waals surface area (Å²) in [5, 5.41) is 4.27. The molecule has 0 radical (unpaired) electrons. The van der Waals surface area contributed by atoms with Gasteiger partial charge in [0.2, 0.25) is 5.91 Å². The van der Waals surface area contributed by atoms with E-state index in [2.05, 4.69) is 15.1 Å². The van der Waals surface area contributed by atoms with Crippen molar-refractivity contribution in [2.75, 3.05) is 49.5 Å². The highest BCUT2D eigenvalue weighted by Crippen LogP contribution is 2.28. The molecular formula is C22H25Cl2N3O2. The highest BCUT2D eigenvalue weighted by Gasteiger charge is 2.18. The molecule has 1 amide bonds. The lowest BCUT2D eigenvalue weighted by Gasteiger charge is -2.36. The average Bonchev–Trinajstić information content (AvgIpc) is 2.70. The third kappa shape index (κ3) is 5.35. The van der Waals surface area contributed by atoms with Crippen molar-refractivity contribution < 1.29 is 9.53 Å². The molecule has 2 aliphatic rings. The zero-order valence-electron chi connectivity index (χ0n) is 16.3. The Labute approximate surface area is 181 Å². The van der Waals surface area contributed by atoms with Crippen LogP contribution in [0.5, 0.6) is 5.75 Å². The first-order valence-corrected chi connectivity index (χ1v) is 10.8. The van der Waals surface area contributed by atoms with E-state index < -0.39 is 0 Å². The Morgan fingerprint density at radius 2 is 1.72 bits per heavy atom. The molecule has 0 spiro atoms. The highest BCUT2D eigenvalue weighted by molar-refractivity contribution is 6.35. The first kappa shape index (κ1) is 20.3. The van der Waals surface area contributed by atoms with Crippen molar-refractivity contribution in [1.29, 1.82) is 0 Å². The van der Waals surface area contributed by atoms with E-state index in [4.69, 9.17) is 27.9 Å². The molecule has 2 aliphatic heterocycles. The summed E-state index contributed by atoms with van der Waals surface area (Å²) in [6.45, 7) is 5.61. The Morgan fingerprint density at radius 3 is 2.48 bits per heavy atom. The van der Waals surface area contributed by atoms with Crippen LogP contribution < -0.4 is 15.0 Å². The predicted molar refractivity (Wildman–Crippen MR) is 119 cm³/mol. The van der Waals surface area contributed by atoms with E-state index in [0.29, 0.717) is 23.1 Å². The first-order chi connectivity index (χ1) is 14.1. The maximum Gasteiger partial charge on any atom is 0.224 e. The van der Waals surface area contributed by atoms with E-state index in [-0.39, 0.29) is 5.91 Å². The summed E-state index contributed by atoms with van der Waals surface area (Å²) in [6, 6.07) is 11.7. The van der Waals surface area contributed by atoms with Crippen LogP contribution in [0.25, 0.3) is 0 Å². The van der Waals surface area contributed by atoms with E-state index >= 15 is 0 Å². The van der Waals surface area contributed by atoms with Gasteiger partial charge in [-0.1, -0.05) is 29.3 Å². The molecule has 1 N–H and O–H groups in total. The highest BCUT2D eigenvalue weighted by atomic mass is 35.5. The summed E-state index contributed by atoms with van der Waals surface area (Å²) < 4.78 is 5.90. The molecule has 2 aromatic rings. The lowest BCUT2D eigenvalue weighted by molar-refractivity contribution is -0.116. The molecule has 29 heavy (non-hydrogen) atoms. The van der Waals surface area contributed by atoms with Gasteiger partial charge in [-0.15, -0.1) is 0 Å². The Balaban J connectivity index is 1.19. The normalized spacial score (nSPS) is 17.0. The number of hydrogen-bond donors (Lipinski definition) is 1. The minimum Gasteiger partial charge on any atom is -0.493 e. The Hall–Kier alpha value is -1.95. The number of ether oxygens (including phenoxy) is 1. The van der Waals surface area contributed by atoms with Gasteiger partial charge in [0, 0.05) is 66.6 Å². The fourth-order valence-corrected chi connectivity index (χ4v) is 4.38. The van der Waals surface area contributed by atoms with Crippen LogP contribution in [-0.4, -0.2) is 50.1 Å². The van der Waals surface area contributed by atoms with E-state index in [1.165, 1.54) is 5.56 Å². The van der Waals surface area contributed by atoms with Gasteiger partial charge < -0.3 is 15.0 Å². The number of anilines is 2. The molecule has 5 nitrogen and oxygen atoms in total. The molecule has 0 saturated carbocycles. The Morgan fingerprint density at radius 1 is 0.966 bits per heavy atom. The number of carbonyl (C=O) groups is 1. The van der Waals surface area contributed by atoms with Gasteiger partial charge in [0.15, 0.2) is 0 Å². The standard InChI is InChI=1S/C22H25Cl2N3O2/c23-17-12-18(24)14-19(13-17)27-9-7-26(8-10-27)6-1-11-29-20-4-2-16-3-5-22(28)25-21(16)15-20/h2,4,12-15H,1,3,5-11H2,(H,25,28). The monoisotopic (exact) mass is 433 g/mol. The van der Waals surface area contributed by atoms with Crippen LogP contribution in [-0.2, 0) is 11.2 Å². The lowest BCUT2D eigenvalue weighted by Crippen LogP contribution is -2.46. The average molecular weight is 434 g/mol. The lowest BCUT2D eigenvalue weighted by atomic mass is 10.0. The first-order valence-electron chi connectivity index (χ1n) is 10.1. The zero-order valence-corrected chi connectivity index (χ0v) is 17.8. The van der Waals surface area contributed by atoms with Gasteiger partial charge in [-0.25, -0.2) is 0 Å². The van der Waals surface area contributed by atoms with Crippen molar-refractivity contribution in [2.45, 2.75) is 19.3 Å². The number of fused-ring (bicyclic) bond motifs is 1. The topological polar surface area (TPSA) is 44.8 Å². The number of amides is 1. The summed E-state index contributed by atoms with van der Waals surface area (Å²) in [5.74, 6) is 0.891. The summed E-state index contributed by atoms with van der Waals surface area (Å²) in [7, 11) is 0. The van der Waals surface area contributed by atoms with Crippen LogP contribution in [0.2, 0.25) is 10.0 Å². The van der Waals surface area contributed by atoms with Crippen molar-refractivity contribution in [3.8, 4) is 5.75 Å². The number of nitrogens with one attached hydrogen (secondary N) is 1. The molecule has 0 unspecified atom stereocenters. The number of nitrogens with zero attached hydrogens (tertiary/aromatic N) is 2. The Kier molecular flexibility index (Phi) is 6.48. The molecule has 1 saturated heterocycles. The van der Waals surface area contributed by atoms with Crippen molar-refractivity contribution in [3.05, 3.63) is 52.0 Å². The molecule has 0 atom stereocenters. The van der Waals surface area contributed by atoms with Gasteiger partial charge in [0.05, 0.1) is 6.61 Å². The number of piperazine rings is 1. The van der Waals surface area contributed by atoms with Crippen LogP contribution in [0.15, 0.2) is 36.4 Å². The zero-order chi connectivity index (χ0) is 20.2. The smallest absolute Gasteiger partial charge is 0.224 e. The number of aryl methyl sites for hydroxylation is 1. The minimum absolute atomic E-state index is 0.0776. The Bertz CT molecular complexity index is 862. The van der Waals surface area contributed by atoms with Gasteiger partial charge >= 0.3 is 0 Å². The van der Waals surface area contributed by atoms with Gasteiger partial charge in [0.1, 0.15) is 5.75 Å². The van der Waals surface area contributed by atoms with Crippen LogP contribution in [0.1, 0.15) is 18.4 Å². The summed E-state index contributed by atoms with van der Waals surface area (Å²) in [6.07, 6.45) is 2.33. The number of benzene rings is 2. The summed E-state index contributed by atoms with van der Waals surface area (Å²) in [5.41, 5.74) is 3.15. The van der Waals surface area contributed by atoms with Gasteiger partial charge in [-0.05, 0) is 42.7 Å². The minimum atomic E-state index is 0.0776. The van der Waals surface area contributed by atoms with Crippen LogP contribution >= 0.6 is 23.2 Å².